The maximum atomic E-state index is 5.64. The van der Waals surface area contributed by atoms with E-state index in [1.165, 1.54) is 17.5 Å². The van der Waals surface area contributed by atoms with Crippen molar-refractivity contribution in [2.75, 3.05) is 27.2 Å². The van der Waals surface area contributed by atoms with Gasteiger partial charge < -0.3 is 15.0 Å². The summed E-state index contributed by atoms with van der Waals surface area (Å²) in [6.45, 7) is 4.77. The summed E-state index contributed by atoms with van der Waals surface area (Å²) in [4.78, 5) is 6.50. The van der Waals surface area contributed by atoms with Gasteiger partial charge in [-0.1, -0.05) is 31.2 Å². The molecule has 1 fully saturated rings. The van der Waals surface area contributed by atoms with Crippen molar-refractivity contribution in [1.29, 1.82) is 0 Å². The van der Waals surface area contributed by atoms with E-state index >= 15 is 0 Å². The Hall–Kier alpha value is -1.55. The second kappa shape index (κ2) is 8.03. The minimum absolute atomic E-state index is 0.332. The van der Waals surface area contributed by atoms with Crippen molar-refractivity contribution >= 4 is 5.96 Å². The molecule has 1 aromatic carbocycles. The van der Waals surface area contributed by atoms with Crippen LogP contribution in [0.2, 0.25) is 0 Å². The molecule has 1 saturated heterocycles. The smallest absolute Gasteiger partial charge is 0.193 e. The minimum Gasteiger partial charge on any atom is -0.376 e. The fourth-order valence-electron chi connectivity index (χ4n) is 2.62. The van der Waals surface area contributed by atoms with E-state index in [2.05, 4.69) is 53.4 Å². The molecule has 0 bridgehead atoms. The third-order valence-electron chi connectivity index (χ3n) is 3.94. The van der Waals surface area contributed by atoms with Crippen LogP contribution < -0.4 is 5.32 Å². The molecule has 1 heterocycles. The predicted molar refractivity (Wildman–Crippen MR) is 87.6 cm³/mol. The average Bonchev–Trinajstić information content (AvgIpc) is 3.02. The van der Waals surface area contributed by atoms with Crippen LogP contribution in [0.1, 0.15) is 30.9 Å². The number of nitrogens with one attached hydrogen (secondary N) is 1. The second-order valence-corrected chi connectivity index (χ2v) is 5.59. The van der Waals surface area contributed by atoms with Crippen molar-refractivity contribution in [1.82, 2.24) is 10.2 Å². The number of hydrogen-bond donors (Lipinski definition) is 1. The summed E-state index contributed by atoms with van der Waals surface area (Å²) in [5, 5.41) is 3.40. The van der Waals surface area contributed by atoms with Crippen LogP contribution in [0.5, 0.6) is 0 Å². The highest BCUT2D eigenvalue weighted by molar-refractivity contribution is 5.79. The molecule has 4 nitrogen and oxygen atoms in total. The van der Waals surface area contributed by atoms with Crippen LogP contribution >= 0.6 is 0 Å². The van der Waals surface area contributed by atoms with Gasteiger partial charge in [-0.2, -0.15) is 0 Å². The Morgan fingerprint density at radius 1 is 1.33 bits per heavy atom. The van der Waals surface area contributed by atoms with Gasteiger partial charge in [0.05, 0.1) is 6.10 Å². The number of guanidine groups is 1. The Bertz CT molecular complexity index is 450. The van der Waals surface area contributed by atoms with Crippen molar-refractivity contribution in [3.05, 3.63) is 35.4 Å². The van der Waals surface area contributed by atoms with Gasteiger partial charge in [0, 0.05) is 33.8 Å². The van der Waals surface area contributed by atoms with E-state index in [1.807, 2.05) is 7.05 Å². The molecule has 21 heavy (non-hydrogen) atoms. The van der Waals surface area contributed by atoms with Crippen LogP contribution in [0.4, 0.5) is 0 Å². The number of ether oxygens (including phenoxy) is 1. The Kier molecular flexibility index (Phi) is 6.05. The van der Waals surface area contributed by atoms with E-state index in [-0.39, 0.29) is 0 Å². The summed E-state index contributed by atoms with van der Waals surface area (Å²) in [6.07, 6.45) is 3.73. The van der Waals surface area contributed by atoms with E-state index in [0.717, 1.165) is 38.5 Å². The van der Waals surface area contributed by atoms with Crippen LogP contribution in [0.15, 0.2) is 29.3 Å². The van der Waals surface area contributed by atoms with Gasteiger partial charge in [0.2, 0.25) is 0 Å². The normalized spacial score (nSPS) is 18.8. The predicted octanol–water partition coefficient (Wildman–Crippen LogP) is 2.44. The molecule has 0 amide bonds. The molecule has 2 rings (SSSR count). The highest BCUT2D eigenvalue weighted by Crippen LogP contribution is 2.11. The van der Waals surface area contributed by atoms with Crippen molar-refractivity contribution in [3.63, 3.8) is 0 Å². The SMILES string of the molecule is CCc1ccc(CN(C)C(=NC)NCC2CCCO2)cc1. The fourth-order valence-corrected chi connectivity index (χ4v) is 2.62. The van der Waals surface area contributed by atoms with E-state index in [0.29, 0.717) is 6.10 Å². The van der Waals surface area contributed by atoms with E-state index < -0.39 is 0 Å². The average molecular weight is 289 g/mol. The van der Waals surface area contributed by atoms with Crippen LogP contribution in [-0.4, -0.2) is 44.2 Å². The van der Waals surface area contributed by atoms with Crippen molar-refractivity contribution in [2.24, 2.45) is 4.99 Å². The molecule has 1 N–H and O–H groups in total. The minimum atomic E-state index is 0.332. The first-order chi connectivity index (χ1) is 10.2. The number of rotatable bonds is 5. The van der Waals surface area contributed by atoms with Gasteiger partial charge in [0.15, 0.2) is 5.96 Å². The molecule has 0 aromatic heterocycles. The molecule has 4 heteroatoms. The zero-order valence-corrected chi connectivity index (χ0v) is 13.4. The first kappa shape index (κ1) is 15.8. The largest absolute Gasteiger partial charge is 0.376 e. The molecular weight excluding hydrogens is 262 g/mol. The van der Waals surface area contributed by atoms with Crippen LogP contribution in [0.25, 0.3) is 0 Å². The maximum Gasteiger partial charge on any atom is 0.193 e. The zero-order valence-electron chi connectivity index (χ0n) is 13.4. The summed E-state index contributed by atoms with van der Waals surface area (Å²) in [5.74, 6) is 0.921. The van der Waals surface area contributed by atoms with Crippen LogP contribution in [0.3, 0.4) is 0 Å². The maximum absolute atomic E-state index is 5.64. The fraction of sp³-hybridized carbons (Fsp3) is 0.588. The number of aryl methyl sites for hydroxylation is 1. The molecule has 1 unspecified atom stereocenters. The molecule has 1 atom stereocenters. The molecule has 116 valence electrons. The van der Waals surface area contributed by atoms with Crippen molar-refractivity contribution in [3.8, 4) is 0 Å². The lowest BCUT2D eigenvalue weighted by Crippen LogP contribution is -2.41. The van der Waals surface area contributed by atoms with E-state index in [4.69, 9.17) is 4.74 Å². The van der Waals surface area contributed by atoms with Crippen LogP contribution in [0, 0.1) is 0 Å². The quantitative estimate of drug-likeness (QED) is 0.668. The standard InChI is InChI=1S/C17H27N3O/c1-4-14-7-9-15(10-8-14)13-20(3)17(18-2)19-12-16-6-5-11-21-16/h7-10,16H,4-6,11-13H2,1-3H3,(H,18,19). The lowest BCUT2D eigenvalue weighted by molar-refractivity contribution is 0.113. The lowest BCUT2D eigenvalue weighted by Gasteiger charge is -2.23. The lowest BCUT2D eigenvalue weighted by atomic mass is 10.1. The Labute approximate surface area is 128 Å². The summed E-state index contributed by atoms with van der Waals surface area (Å²) >= 11 is 0. The van der Waals surface area contributed by atoms with E-state index in [1.54, 1.807) is 0 Å². The first-order valence-electron chi connectivity index (χ1n) is 7.84. The van der Waals surface area contributed by atoms with Crippen molar-refractivity contribution in [2.45, 2.75) is 38.8 Å². The van der Waals surface area contributed by atoms with Gasteiger partial charge in [-0.15, -0.1) is 0 Å². The van der Waals surface area contributed by atoms with Gasteiger partial charge in [-0.25, -0.2) is 0 Å². The Morgan fingerprint density at radius 2 is 2.05 bits per heavy atom. The summed E-state index contributed by atoms with van der Waals surface area (Å²) in [6, 6.07) is 8.79. The molecule has 1 aliphatic heterocycles. The van der Waals surface area contributed by atoms with Gasteiger partial charge in [0.25, 0.3) is 0 Å². The summed E-state index contributed by atoms with van der Waals surface area (Å²) in [5.41, 5.74) is 2.68. The van der Waals surface area contributed by atoms with Crippen LogP contribution in [-0.2, 0) is 17.7 Å². The number of aliphatic imine (C=N–C) groups is 1. The first-order valence-corrected chi connectivity index (χ1v) is 7.84. The molecule has 1 aliphatic rings. The monoisotopic (exact) mass is 289 g/mol. The molecular formula is C17H27N3O. The zero-order chi connectivity index (χ0) is 15.1. The van der Waals surface area contributed by atoms with Gasteiger partial charge in [-0.05, 0) is 30.4 Å². The van der Waals surface area contributed by atoms with E-state index in [9.17, 15) is 0 Å². The third kappa shape index (κ3) is 4.74. The second-order valence-electron chi connectivity index (χ2n) is 5.59. The van der Waals surface area contributed by atoms with Gasteiger partial charge in [0.1, 0.15) is 0 Å². The van der Waals surface area contributed by atoms with Crippen molar-refractivity contribution < 1.29 is 4.74 Å². The molecule has 1 aromatic rings. The summed E-state index contributed by atoms with van der Waals surface area (Å²) < 4.78 is 5.64. The third-order valence-corrected chi connectivity index (χ3v) is 3.94. The molecule has 0 saturated carbocycles. The molecule has 0 radical (unpaired) electrons. The molecule has 0 aliphatic carbocycles. The number of hydrogen-bond acceptors (Lipinski definition) is 2. The Morgan fingerprint density at radius 3 is 2.62 bits per heavy atom. The number of nitrogens with zero attached hydrogens (tertiary/aromatic N) is 2. The highest BCUT2D eigenvalue weighted by atomic mass is 16.5. The number of benzene rings is 1. The Balaban J connectivity index is 1.85. The summed E-state index contributed by atoms with van der Waals surface area (Å²) in [7, 11) is 3.90. The van der Waals surface area contributed by atoms with Gasteiger partial charge >= 0.3 is 0 Å². The molecule has 0 spiro atoms. The topological polar surface area (TPSA) is 36.9 Å². The van der Waals surface area contributed by atoms with Gasteiger partial charge in [-0.3, -0.25) is 4.99 Å². The highest BCUT2D eigenvalue weighted by Gasteiger charge is 2.16.